The summed E-state index contributed by atoms with van der Waals surface area (Å²) in [5.41, 5.74) is 2.56. The molecule has 7 nitrogen and oxygen atoms in total. The van der Waals surface area contributed by atoms with E-state index >= 15 is 0 Å². The van der Waals surface area contributed by atoms with Crippen molar-refractivity contribution in [1.29, 1.82) is 0 Å². The number of aromatic nitrogens is 3. The number of hydrogen-bond acceptors (Lipinski definition) is 4. The molecule has 0 aliphatic heterocycles. The molecule has 0 atom stereocenters. The van der Waals surface area contributed by atoms with Crippen molar-refractivity contribution in [2.45, 2.75) is 6.92 Å². The number of aromatic amines is 1. The molecular formula is C19H19N5O2. The van der Waals surface area contributed by atoms with Crippen molar-refractivity contribution in [2.24, 2.45) is 0 Å². The van der Waals surface area contributed by atoms with Crippen LogP contribution in [0.3, 0.4) is 0 Å². The van der Waals surface area contributed by atoms with E-state index in [2.05, 4.69) is 20.5 Å². The second kappa shape index (κ2) is 7.60. The minimum atomic E-state index is -0.327. The van der Waals surface area contributed by atoms with Gasteiger partial charge in [-0.25, -0.2) is 0 Å². The van der Waals surface area contributed by atoms with E-state index in [9.17, 15) is 9.59 Å². The molecule has 2 N–H and O–H groups in total. The molecular weight excluding hydrogens is 330 g/mol. The van der Waals surface area contributed by atoms with Gasteiger partial charge in [-0.2, -0.15) is 5.10 Å². The van der Waals surface area contributed by atoms with Crippen molar-refractivity contribution in [3.8, 4) is 11.3 Å². The fourth-order valence-electron chi connectivity index (χ4n) is 2.41. The van der Waals surface area contributed by atoms with Crippen LogP contribution in [0.25, 0.3) is 11.3 Å². The Morgan fingerprint density at radius 3 is 2.58 bits per heavy atom. The zero-order valence-corrected chi connectivity index (χ0v) is 14.6. The highest BCUT2D eigenvalue weighted by Crippen LogP contribution is 2.19. The zero-order valence-electron chi connectivity index (χ0n) is 14.6. The Labute approximate surface area is 151 Å². The summed E-state index contributed by atoms with van der Waals surface area (Å²) < 4.78 is 0. The molecule has 132 valence electrons. The quantitative estimate of drug-likeness (QED) is 0.741. The normalized spacial score (nSPS) is 10.4. The Morgan fingerprint density at radius 1 is 1.12 bits per heavy atom. The Hall–Kier alpha value is -3.48. The van der Waals surface area contributed by atoms with Crippen LogP contribution in [-0.4, -0.2) is 45.5 Å². The Balaban J connectivity index is 1.75. The third-order valence-electron chi connectivity index (χ3n) is 4.00. The molecule has 0 unspecified atom stereocenters. The molecule has 0 spiro atoms. The van der Waals surface area contributed by atoms with Crippen LogP contribution < -0.4 is 5.32 Å². The molecule has 0 saturated carbocycles. The molecule has 2 heterocycles. The van der Waals surface area contributed by atoms with E-state index in [1.807, 2.05) is 19.1 Å². The molecule has 0 aliphatic rings. The lowest BCUT2D eigenvalue weighted by Gasteiger charge is -2.14. The number of H-pyrrole nitrogens is 1. The summed E-state index contributed by atoms with van der Waals surface area (Å²) in [6.07, 6.45) is 3.37. The Bertz CT molecular complexity index is 920. The summed E-state index contributed by atoms with van der Waals surface area (Å²) in [5, 5.41) is 9.72. The van der Waals surface area contributed by atoms with Crippen molar-refractivity contribution in [2.75, 3.05) is 18.9 Å². The number of benzene rings is 1. The van der Waals surface area contributed by atoms with Gasteiger partial charge in [-0.15, -0.1) is 0 Å². The minimum absolute atomic E-state index is 0.123. The fraction of sp³-hybridized carbons (Fsp3) is 0.158. The summed E-state index contributed by atoms with van der Waals surface area (Å²) in [7, 11) is 1.72. The first-order valence-corrected chi connectivity index (χ1v) is 8.21. The molecule has 3 aromatic rings. The molecule has 2 aromatic heterocycles. The summed E-state index contributed by atoms with van der Waals surface area (Å²) in [5.74, 6) is -0.0438. The lowest BCUT2D eigenvalue weighted by atomic mass is 10.1. The number of rotatable bonds is 5. The maximum Gasteiger partial charge on any atom is 0.256 e. The Kier molecular flexibility index (Phi) is 5.07. The topological polar surface area (TPSA) is 91.0 Å². The summed E-state index contributed by atoms with van der Waals surface area (Å²) in [4.78, 5) is 30.3. The summed E-state index contributed by atoms with van der Waals surface area (Å²) >= 11 is 0. The predicted molar refractivity (Wildman–Crippen MR) is 98.8 cm³/mol. The maximum absolute atomic E-state index is 12.5. The Morgan fingerprint density at radius 2 is 1.85 bits per heavy atom. The van der Waals surface area contributed by atoms with E-state index in [1.54, 1.807) is 54.7 Å². The van der Waals surface area contributed by atoms with Crippen molar-refractivity contribution < 1.29 is 9.59 Å². The first-order valence-electron chi connectivity index (χ1n) is 8.21. The predicted octanol–water partition coefficient (Wildman–Crippen LogP) is 2.82. The standard InChI is InChI=1S/C19H19N5O2/c1-3-24(2)19(26)15-6-4-5-14(11-15)18(25)21-17-12-16(22-23-17)13-7-9-20-10-8-13/h4-12H,3H2,1-2H3,(H2,21,22,23,25). The first kappa shape index (κ1) is 17.3. The van der Waals surface area contributed by atoms with E-state index in [0.717, 1.165) is 11.3 Å². The van der Waals surface area contributed by atoms with Gasteiger partial charge in [-0.3, -0.25) is 19.7 Å². The number of anilines is 1. The van der Waals surface area contributed by atoms with Crippen LogP contribution in [0.1, 0.15) is 27.6 Å². The second-order valence-electron chi connectivity index (χ2n) is 5.76. The van der Waals surface area contributed by atoms with E-state index in [0.29, 0.717) is 23.5 Å². The highest BCUT2D eigenvalue weighted by Gasteiger charge is 2.14. The van der Waals surface area contributed by atoms with Crippen LogP contribution in [0, 0.1) is 0 Å². The van der Waals surface area contributed by atoms with Gasteiger partial charge < -0.3 is 10.2 Å². The lowest BCUT2D eigenvalue weighted by Crippen LogP contribution is -2.26. The van der Waals surface area contributed by atoms with Crippen molar-refractivity contribution in [3.63, 3.8) is 0 Å². The van der Waals surface area contributed by atoms with Gasteiger partial charge in [0.05, 0.1) is 5.69 Å². The second-order valence-corrected chi connectivity index (χ2v) is 5.76. The van der Waals surface area contributed by atoms with Gasteiger partial charge in [0.25, 0.3) is 11.8 Å². The van der Waals surface area contributed by atoms with Gasteiger partial charge >= 0.3 is 0 Å². The van der Waals surface area contributed by atoms with Crippen molar-refractivity contribution in [3.05, 3.63) is 66.0 Å². The molecule has 0 aliphatic carbocycles. The highest BCUT2D eigenvalue weighted by molar-refractivity contribution is 6.05. The molecule has 7 heteroatoms. The number of hydrogen-bond donors (Lipinski definition) is 2. The largest absolute Gasteiger partial charge is 0.342 e. The molecule has 3 rings (SSSR count). The molecule has 0 fully saturated rings. The van der Waals surface area contributed by atoms with Crippen LogP contribution in [0.15, 0.2) is 54.9 Å². The van der Waals surface area contributed by atoms with Crippen LogP contribution in [0.2, 0.25) is 0 Å². The number of carbonyl (C=O) groups is 2. The third kappa shape index (κ3) is 3.77. The van der Waals surface area contributed by atoms with Gasteiger partial charge in [0, 0.05) is 48.7 Å². The SMILES string of the molecule is CCN(C)C(=O)c1cccc(C(=O)Nc2cc(-c3ccncc3)[nH]n2)c1. The molecule has 1 aromatic carbocycles. The maximum atomic E-state index is 12.5. The average Bonchev–Trinajstić information content (AvgIpc) is 3.16. The molecule has 0 radical (unpaired) electrons. The monoisotopic (exact) mass is 349 g/mol. The van der Waals surface area contributed by atoms with Gasteiger partial charge in [-0.1, -0.05) is 6.07 Å². The lowest BCUT2D eigenvalue weighted by molar-refractivity contribution is 0.0802. The zero-order chi connectivity index (χ0) is 18.5. The summed E-state index contributed by atoms with van der Waals surface area (Å²) in [6, 6.07) is 12.1. The van der Waals surface area contributed by atoms with Crippen LogP contribution in [0.5, 0.6) is 0 Å². The van der Waals surface area contributed by atoms with Crippen LogP contribution in [0.4, 0.5) is 5.82 Å². The van der Waals surface area contributed by atoms with Crippen LogP contribution >= 0.6 is 0 Å². The molecule has 0 saturated heterocycles. The van der Waals surface area contributed by atoms with Crippen molar-refractivity contribution in [1.82, 2.24) is 20.1 Å². The van der Waals surface area contributed by atoms with E-state index in [1.165, 1.54) is 0 Å². The third-order valence-corrected chi connectivity index (χ3v) is 4.00. The molecule has 26 heavy (non-hydrogen) atoms. The van der Waals surface area contributed by atoms with Gasteiger partial charge in [0.2, 0.25) is 0 Å². The number of pyridine rings is 1. The van der Waals surface area contributed by atoms with E-state index < -0.39 is 0 Å². The summed E-state index contributed by atoms with van der Waals surface area (Å²) in [6.45, 7) is 2.49. The number of carbonyl (C=O) groups excluding carboxylic acids is 2. The van der Waals surface area contributed by atoms with Gasteiger partial charge in [-0.05, 0) is 37.3 Å². The van der Waals surface area contributed by atoms with E-state index in [4.69, 9.17) is 0 Å². The number of amides is 2. The smallest absolute Gasteiger partial charge is 0.256 e. The average molecular weight is 349 g/mol. The molecule has 2 amide bonds. The highest BCUT2D eigenvalue weighted by atomic mass is 16.2. The van der Waals surface area contributed by atoms with Crippen LogP contribution in [-0.2, 0) is 0 Å². The number of nitrogens with zero attached hydrogens (tertiary/aromatic N) is 3. The van der Waals surface area contributed by atoms with Crippen molar-refractivity contribution >= 4 is 17.6 Å². The van der Waals surface area contributed by atoms with E-state index in [-0.39, 0.29) is 11.8 Å². The number of nitrogens with one attached hydrogen (secondary N) is 2. The minimum Gasteiger partial charge on any atom is -0.342 e. The van der Waals surface area contributed by atoms with Gasteiger partial charge in [0.15, 0.2) is 5.82 Å². The van der Waals surface area contributed by atoms with Gasteiger partial charge in [0.1, 0.15) is 0 Å². The fourth-order valence-corrected chi connectivity index (χ4v) is 2.41. The first-order chi connectivity index (χ1) is 12.6. The molecule has 0 bridgehead atoms.